The minimum atomic E-state index is 0. The van der Waals surface area contributed by atoms with Crippen LogP contribution in [-0.4, -0.2) is 51.8 Å². The molecule has 6 nitrogen and oxygen atoms in total. The normalized spacial score (nSPS) is 19.8. The molecule has 0 bridgehead atoms. The van der Waals surface area contributed by atoms with Gasteiger partial charge in [-0.2, -0.15) is 0 Å². The lowest BCUT2D eigenvalue weighted by atomic mass is 9.67. The summed E-state index contributed by atoms with van der Waals surface area (Å²) in [7, 11) is 3.54. The van der Waals surface area contributed by atoms with Crippen molar-refractivity contribution >= 4 is 35.8 Å². The van der Waals surface area contributed by atoms with Gasteiger partial charge in [0.2, 0.25) is 5.91 Å². The lowest BCUT2D eigenvalue weighted by molar-refractivity contribution is -0.121. The van der Waals surface area contributed by atoms with Gasteiger partial charge in [0.05, 0.1) is 0 Å². The van der Waals surface area contributed by atoms with E-state index in [1.165, 1.54) is 38.5 Å². The molecule has 0 heterocycles. The number of halogens is 1. The van der Waals surface area contributed by atoms with Gasteiger partial charge in [-0.05, 0) is 37.5 Å². The van der Waals surface area contributed by atoms with Crippen molar-refractivity contribution in [2.24, 2.45) is 10.4 Å². The highest BCUT2D eigenvalue weighted by atomic mass is 127. The zero-order valence-electron chi connectivity index (χ0n) is 16.4. The molecule has 0 spiro atoms. The van der Waals surface area contributed by atoms with Gasteiger partial charge in [0.1, 0.15) is 0 Å². The molecular weight excluding hydrogens is 443 g/mol. The fourth-order valence-electron chi connectivity index (χ4n) is 3.84. The summed E-state index contributed by atoms with van der Waals surface area (Å²) in [6.45, 7) is 2.35. The van der Waals surface area contributed by atoms with Gasteiger partial charge in [-0.15, -0.1) is 24.0 Å². The maximum atomic E-state index is 12.0. The summed E-state index contributed by atoms with van der Waals surface area (Å²) in [4.78, 5) is 16.3. The van der Waals surface area contributed by atoms with Crippen molar-refractivity contribution in [3.8, 4) is 0 Å². The van der Waals surface area contributed by atoms with E-state index >= 15 is 0 Å². The average Bonchev–Trinajstić information content (AvgIpc) is 2.59. The molecule has 0 aromatic rings. The molecule has 0 saturated heterocycles. The van der Waals surface area contributed by atoms with Crippen LogP contribution in [-0.2, 0) is 9.53 Å². The number of nitrogens with zero attached hydrogens (tertiary/aromatic N) is 1. The molecule has 0 aliphatic heterocycles. The van der Waals surface area contributed by atoms with Gasteiger partial charge in [-0.25, -0.2) is 0 Å². The highest BCUT2D eigenvalue weighted by molar-refractivity contribution is 14.0. The number of hydrogen-bond acceptors (Lipinski definition) is 3. The van der Waals surface area contributed by atoms with E-state index in [0.717, 1.165) is 38.4 Å². The predicted octanol–water partition coefficient (Wildman–Crippen LogP) is 2.82. The first-order valence-electron chi connectivity index (χ1n) is 9.90. The predicted molar refractivity (Wildman–Crippen MR) is 117 cm³/mol. The third kappa shape index (κ3) is 7.98. The maximum absolute atomic E-state index is 12.0. The second-order valence-corrected chi connectivity index (χ2v) is 7.60. The molecule has 0 unspecified atom stereocenters. The summed E-state index contributed by atoms with van der Waals surface area (Å²) in [6.07, 6.45) is 11.4. The lowest BCUT2D eigenvalue weighted by Gasteiger charge is -2.42. The first kappa shape index (κ1) is 23.5. The Morgan fingerprint density at radius 3 is 2.46 bits per heavy atom. The van der Waals surface area contributed by atoms with Crippen LogP contribution in [0, 0.1) is 5.41 Å². The van der Waals surface area contributed by atoms with Crippen LogP contribution in [0.3, 0.4) is 0 Å². The Balaban J connectivity index is 0.00000338. The van der Waals surface area contributed by atoms with Gasteiger partial charge in [0.15, 0.2) is 5.96 Å². The third-order valence-corrected chi connectivity index (χ3v) is 5.72. The van der Waals surface area contributed by atoms with Crippen molar-refractivity contribution in [2.45, 2.75) is 70.3 Å². The van der Waals surface area contributed by atoms with E-state index in [1.807, 2.05) is 0 Å². The number of carbonyl (C=O) groups excluding carboxylic acids is 1. The molecule has 0 aromatic carbocycles. The molecule has 2 fully saturated rings. The topological polar surface area (TPSA) is 74.8 Å². The van der Waals surface area contributed by atoms with Crippen LogP contribution in [0.4, 0.5) is 0 Å². The zero-order chi connectivity index (χ0) is 18.0. The van der Waals surface area contributed by atoms with Gasteiger partial charge in [-0.1, -0.05) is 25.7 Å². The van der Waals surface area contributed by atoms with Crippen LogP contribution in [0.15, 0.2) is 4.99 Å². The van der Waals surface area contributed by atoms with Gasteiger partial charge in [-0.3, -0.25) is 9.79 Å². The van der Waals surface area contributed by atoms with Crippen molar-refractivity contribution in [3.63, 3.8) is 0 Å². The molecule has 2 aliphatic carbocycles. The molecule has 0 radical (unpaired) electrons. The van der Waals surface area contributed by atoms with Crippen molar-refractivity contribution in [1.29, 1.82) is 0 Å². The van der Waals surface area contributed by atoms with E-state index in [0.29, 0.717) is 24.4 Å². The molecule has 7 heteroatoms. The molecular formula is C19H37IN4O2. The number of guanidine groups is 1. The number of carbonyl (C=O) groups is 1. The van der Waals surface area contributed by atoms with Crippen LogP contribution in [0.2, 0.25) is 0 Å². The molecule has 1 amide bonds. The Bertz CT molecular complexity index is 435. The Hall–Kier alpha value is -0.570. The molecule has 2 rings (SSSR count). The van der Waals surface area contributed by atoms with E-state index in [1.54, 1.807) is 14.2 Å². The summed E-state index contributed by atoms with van der Waals surface area (Å²) in [5, 5.41) is 9.84. The van der Waals surface area contributed by atoms with Gasteiger partial charge >= 0.3 is 0 Å². The number of rotatable bonds is 9. The average molecular weight is 480 g/mol. The number of ether oxygens (including phenoxy) is 1. The highest BCUT2D eigenvalue weighted by Gasteiger charge is 2.36. The van der Waals surface area contributed by atoms with Crippen LogP contribution >= 0.6 is 24.0 Å². The van der Waals surface area contributed by atoms with E-state index in [-0.39, 0.29) is 29.9 Å². The highest BCUT2D eigenvalue weighted by Crippen LogP contribution is 2.43. The number of methoxy groups -OCH3 is 1. The largest absolute Gasteiger partial charge is 0.385 e. The Labute approximate surface area is 175 Å². The second kappa shape index (κ2) is 12.8. The first-order valence-corrected chi connectivity index (χ1v) is 9.90. The molecule has 2 aliphatic rings. The zero-order valence-corrected chi connectivity index (χ0v) is 18.8. The number of aliphatic imine (C=N–C) groups is 1. The number of amides is 1. The second-order valence-electron chi connectivity index (χ2n) is 7.60. The summed E-state index contributed by atoms with van der Waals surface area (Å²) in [5.41, 5.74) is 0.353. The van der Waals surface area contributed by atoms with Gasteiger partial charge in [0, 0.05) is 46.3 Å². The fraction of sp³-hybridized carbons (Fsp3) is 0.895. The molecule has 26 heavy (non-hydrogen) atoms. The summed E-state index contributed by atoms with van der Waals surface area (Å²) in [5.74, 6) is 0.930. The van der Waals surface area contributed by atoms with Gasteiger partial charge in [0.25, 0.3) is 0 Å². The maximum Gasteiger partial charge on any atom is 0.221 e. The summed E-state index contributed by atoms with van der Waals surface area (Å²) >= 11 is 0. The number of hydrogen-bond donors (Lipinski definition) is 3. The third-order valence-electron chi connectivity index (χ3n) is 5.72. The smallest absolute Gasteiger partial charge is 0.221 e. The fourth-order valence-corrected chi connectivity index (χ4v) is 3.84. The minimum absolute atomic E-state index is 0. The SMILES string of the molecule is CN=C(NCCC(=O)NC1CCCCC1)NCC1(CCOC)CCC1.I. The molecule has 152 valence electrons. The monoisotopic (exact) mass is 480 g/mol. The van der Waals surface area contributed by atoms with Crippen LogP contribution in [0.5, 0.6) is 0 Å². The molecule has 3 N–H and O–H groups in total. The van der Waals surface area contributed by atoms with Crippen molar-refractivity contribution in [3.05, 3.63) is 0 Å². The molecule has 0 atom stereocenters. The van der Waals surface area contributed by atoms with Crippen LogP contribution in [0.25, 0.3) is 0 Å². The summed E-state index contributed by atoms with van der Waals surface area (Å²) in [6, 6.07) is 0.387. The standard InChI is InChI=1S/C19H36N4O2.HI/c1-20-18(22-15-19(10-6-11-19)12-14-25-2)21-13-9-17(24)23-16-7-4-3-5-8-16;/h16H,3-15H2,1-2H3,(H,23,24)(H2,20,21,22);1H. The van der Waals surface area contributed by atoms with E-state index in [9.17, 15) is 4.79 Å². The minimum Gasteiger partial charge on any atom is -0.385 e. The Morgan fingerprint density at radius 1 is 1.15 bits per heavy atom. The Morgan fingerprint density at radius 2 is 1.88 bits per heavy atom. The van der Waals surface area contributed by atoms with E-state index in [4.69, 9.17) is 4.74 Å². The lowest BCUT2D eigenvalue weighted by Crippen LogP contribution is -2.47. The van der Waals surface area contributed by atoms with E-state index < -0.39 is 0 Å². The van der Waals surface area contributed by atoms with Gasteiger partial charge < -0.3 is 20.7 Å². The number of nitrogens with one attached hydrogen (secondary N) is 3. The van der Waals surface area contributed by atoms with Crippen LogP contribution in [0.1, 0.15) is 64.2 Å². The van der Waals surface area contributed by atoms with Crippen LogP contribution < -0.4 is 16.0 Å². The first-order chi connectivity index (χ1) is 12.2. The molecule has 2 saturated carbocycles. The quantitative estimate of drug-likeness (QED) is 0.270. The van der Waals surface area contributed by atoms with Crippen molar-refractivity contribution in [2.75, 3.05) is 33.9 Å². The summed E-state index contributed by atoms with van der Waals surface area (Å²) < 4.78 is 5.24. The molecule has 0 aromatic heterocycles. The van der Waals surface area contributed by atoms with Crippen molar-refractivity contribution in [1.82, 2.24) is 16.0 Å². The van der Waals surface area contributed by atoms with Crippen molar-refractivity contribution < 1.29 is 9.53 Å². The Kier molecular flexibility index (Phi) is 11.5. The van der Waals surface area contributed by atoms with E-state index in [2.05, 4.69) is 20.9 Å².